The van der Waals surface area contributed by atoms with Crippen molar-refractivity contribution in [1.82, 2.24) is 9.55 Å². The third-order valence-corrected chi connectivity index (χ3v) is 4.29. The Morgan fingerprint density at radius 2 is 1.81 bits per heavy atom. The third kappa shape index (κ3) is 3.83. The molecule has 0 unspecified atom stereocenters. The number of hydrogen-bond acceptors (Lipinski definition) is 5. The highest BCUT2D eigenvalue weighted by Gasteiger charge is 2.20. The van der Waals surface area contributed by atoms with Gasteiger partial charge < -0.3 is 4.74 Å². The van der Waals surface area contributed by atoms with Gasteiger partial charge in [-0.25, -0.2) is 14.2 Å². The number of thioether (sulfide) groups is 1. The lowest BCUT2D eigenvalue weighted by molar-refractivity contribution is 0.0466. The molecule has 0 amide bonds. The molecule has 0 radical (unpaired) electrons. The van der Waals surface area contributed by atoms with E-state index in [0.29, 0.717) is 5.16 Å². The van der Waals surface area contributed by atoms with Gasteiger partial charge in [-0.2, -0.15) is 0 Å². The molecule has 1 heterocycles. The highest BCUT2D eigenvalue weighted by Crippen LogP contribution is 2.22. The van der Waals surface area contributed by atoms with Crippen LogP contribution in [-0.2, 0) is 4.74 Å². The van der Waals surface area contributed by atoms with Gasteiger partial charge in [0.2, 0.25) is 0 Å². The first-order chi connectivity index (χ1) is 12.6. The van der Waals surface area contributed by atoms with Gasteiger partial charge in [0, 0.05) is 11.3 Å². The lowest BCUT2D eigenvalue weighted by Crippen LogP contribution is -2.17. The lowest BCUT2D eigenvalue weighted by atomic mass is 10.1. The van der Waals surface area contributed by atoms with Crippen LogP contribution in [0.4, 0.5) is 4.39 Å². The van der Waals surface area contributed by atoms with Gasteiger partial charge in [-0.05, 0) is 42.7 Å². The minimum absolute atomic E-state index is 0.229. The largest absolute Gasteiger partial charge is 0.453 e. The Labute approximate surface area is 153 Å². The molecule has 0 aliphatic rings. The van der Waals surface area contributed by atoms with E-state index in [9.17, 15) is 14.0 Å². The molecule has 0 bridgehead atoms. The fourth-order valence-electron chi connectivity index (χ4n) is 2.37. The van der Waals surface area contributed by atoms with Crippen molar-refractivity contribution in [3.63, 3.8) is 0 Å². The molecule has 0 saturated heterocycles. The van der Waals surface area contributed by atoms with Crippen LogP contribution in [0.5, 0.6) is 0 Å². The number of carbonyl (C=O) groups excluding carboxylic acids is 2. The molecule has 26 heavy (non-hydrogen) atoms. The predicted octanol–water partition coefficient (Wildman–Crippen LogP) is 3.77. The fraction of sp³-hybridized carbons (Fsp3) is 0.105. The molecule has 3 aromatic rings. The smallest absolute Gasteiger partial charge is 0.357 e. The molecule has 0 atom stereocenters. The number of rotatable bonds is 6. The topological polar surface area (TPSA) is 61.2 Å². The van der Waals surface area contributed by atoms with E-state index in [1.807, 2.05) is 36.6 Å². The average molecular weight is 370 g/mol. The second-order valence-corrected chi connectivity index (χ2v) is 6.08. The summed E-state index contributed by atoms with van der Waals surface area (Å²) in [6.45, 7) is -0.432. The Morgan fingerprint density at radius 3 is 2.46 bits per heavy atom. The van der Waals surface area contributed by atoms with Crippen LogP contribution in [0.15, 0.2) is 66.0 Å². The maximum atomic E-state index is 12.9. The molecule has 1 aromatic heterocycles. The van der Waals surface area contributed by atoms with Gasteiger partial charge in [0.1, 0.15) is 5.82 Å². The summed E-state index contributed by atoms with van der Waals surface area (Å²) in [7, 11) is 0. The van der Waals surface area contributed by atoms with E-state index in [0.717, 1.165) is 5.69 Å². The second-order valence-electron chi connectivity index (χ2n) is 5.31. The number of ketones is 1. The van der Waals surface area contributed by atoms with Crippen molar-refractivity contribution in [1.29, 1.82) is 0 Å². The maximum Gasteiger partial charge on any atom is 0.357 e. The zero-order chi connectivity index (χ0) is 18.5. The van der Waals surface area contributed by atoms with Crippen molar-refractivity contribution in [2.45, 2.75) is 5.16 Å². The van der Waals surface area contributed by atoms with Crippen molar-refractivity contribution >= 4 is 23.5 Å². The van der Waals surface area contributed by atoms with Crippen molar-refractivity contribution in [2.24, 2.45) is 0 Å². The fourth-order valence-corrected chi connectivity index (χ4v) is 2.92. The van der Waals surface area contributed by atoms with Gasteiger partial charge in [0.25, 0.3) is 0 Å². The van der Waals surface area contributed by atoms with E-state index in [1.165, 1.54) is 42.2 Å². The third-order valence-electron chi connectivity index (χ3n) is 3.64. The number of para-hydroxylation sites is 1. The summed E-state index contributed by atoms with van der Waals surface area (Å²) in [5, 5.41) is 0.632. The Hall–Kier alpha value is -2.93. The summed E-state index contributed by atoms with van der Waals surface area (Å²) in [5.41, 5.74) is 1.28. The highest BCUT2D eigenvalue weighted by atomic mass is 32.2. The Kier molecular flexibility index (Phi) is 5.48. The molecule has 0 fully saturated rings. The minimum Gasteiger partial charge on any atom is -0.453 e. The molecule has 0 aliphatic heterocycles. The summed E-state index contributed by atoms with van der Waals surface area (Å²) >= 11 is 1.39. The zero-order valence-electron chi connectivity index (χ0n) is 13.9. The molecule has 2 aromatic carbocycles. The number of halogens is 1. The number of Topliss-reactive ketones (excluding diaryl/α,β-unsaturated/α-hetero) is 1. The lowest BCUT2D eigenvalue weighted by Gasteiger charge is -2.10. The van der Waals surface area contributed by atoms with Crippen LogP contribution in [0.3, 0.4) is 0 Å². The average Bonchev–Trinajstić information content (AvgIpc) is 3.11. The molecule has 0 spiro atoms. The summed E-state index contributed by atoms with van der Waals surface area (Å²) in [6, 6.07) is 14.4. The normalized spacial score (nSPS) is 10.5. The van der Waals surface area contributed by atoms with Gasteiger partial charge in [-0.3, -0.25) is 9.36 Å². The van der Waals surface area contributed by atoms with Crippen LogP contribution in [-0.4, -0.2) is 34.2 Å². The number of imidazole rings is 1. The summed E-state index contributed by atoms with van der Waals surface area (Å²) < 4.78 is 19.7. The quantitative estimate of drug-likeness (QED) is 0.375. The number of aromatic nitrogens is 2. The number of benzene rings is 2. The summed E-state index contributed by atoms with van der Waals surface area (Å²) in [5.74, 6) is -1.50. The van der Waals surface area contributed by atoms with E-state index < -0.39 is 24.2 Å². The van der Waals surface area contributed by atoms with Gasteiger partial charge in [-0.1, -0.05) is 30.0 Å². The number of nitrogens with zero attached hydrogens (tertiary/aromatic N) is 2. The van der Waals surface area contributed by atoms with Crippen molar-refractivity contribution in [3.05, 3.63) is 77.9 Å². The van der Waals surface area contributed by atoms with Gasteiger partial charge >= 0.3 is 5.97 Å². The van der Waals surface area contributed by atoms with Crippen molar-refractivity contribution < 1.29 is 18.7 Å². The molecule has 7 heteroatoms. The van der Waals surface area contributed by atoms with Crippen LogP contribution in [0.25, 0.3) is 5.69 Å². The number of carbonyl (C=O) groups is 2. The van der Waals surface area contributed by atoms with E-state index in [4.69, 9.17) is 4.74 Å². The molecule has 0 N–H and O–H groups in total. The van der Waals surface area contributed by atoms with Gasteiger partial charge in [0.15, 0.2) is 23.2 Å². The molecule has 5 nitrogen and oxygen atoms in total. The number of ether oxygens (including phenoxy) is 1. The van der Waals surface area contributed by atoms with Crippen LogP contribution in [0, 0.1) is 5.82 Å². The Morgan fingerprint density at radius 1 is 1.12 bits per heavy atom. The Bertz CT molecular complexity index is 924. The van der Waals surface area contributed by atoms with E-state index in [1.54, 1.807) is 4.57 Å². The second kappa shape index (κ2) is 7.97. The van der Waals surface area contributed by atoms with Gasteiger partial charge in [-0.15, -0.1) is 0 Å². The van der Waals surface area contributed by atoms with Crippen molar-refractivity contribution in [3.8, 4) is 5.69 Å². The molecule has 0 aliphatic carbocycles. The minimum atomic E-state index is -0.655. The Balaban J connectivity index is 1.77. The van der Waals surface area contributed by atoms with Gasteiger partial charge in [0.05, 0.1) is 6.20 Å². The molecular weight excluding hydrogens is 355 g/mol. The number of esters is 1. The predicted molar refractivity (Wildman–Crippen MR) is 96.4 cm³/mol. The first-order valence-corrected chi connectivity index (χ1v) is 8.95. The van der Waals surface area contributed by atoms with Crippen LogP contribution in [0.1, 0.15) is 20.8 Å². The van der Waals surface area contributed by atoms with Crippen LogP contribution < -0.4 is 0 Å². The van der Waals surface area contributed by atoms with E-state index >= 15 is 0 Å². The first kappa shape index (κ1) is 17.9. The molecule has 0 saturated carbocycles. The number of hydrogen-bond donors (Lipinski definition) is 0. The van der Waals surface area contributed by atoms with Crippen molar-refractivity contribution in [2.75, 3.05) is 12.9 Å². The molecule has 3 rings (SSSR count). The highest BCUT2D eigenvalue weighted by molar-refractivity contribution is 7.98. The van der Waals surface area contributed by atoms with E-state index in [2.05, 4.69) is 4.98 Å². The molecule has 132 valence electrons. The SMILES string of the molecule is CSc1ncc(C(=O)OCC(=O)c2ccc(F)cc2)n1-c1ccccc1. The standard InChI is InChI=1S/C19H15FN2O3S/c1-26-19-21-11-16(22(19)15-5-3-2-4-6-15)18(24)25-12-17(23)13-7-9-14(20)10-8-13/h2-11H,12H2,1H3. The molecular formula is C19H15FN2O3S. The van der Waals surface area contributed by atoms with Crippen LogP contribution in [0.2, 0.25) is 0 Å². The summed E-state index contributed by atoms with van der Waals surface area (Å²) in [4.78, 5) is 28.8. The van der Waals surface area contributed by atoms with E-state index in [-0.39, 0.29) is 11.3 Å². The monoisotopic (exact) mass is 370 g/mol. The first-order valence-electron chi connectivity index (χ1n) is 7.73. The van der Waals surface area contributed by atoms with Crippen LogP contribution >= 0.6 is 11.8 Å². The zero-order valence-corrected chi connectivity index (χ0v) is 14.7. The maximum absolute atomic E-state index is 12.9. The summed E-state index contributed by atoms with van der Waals surface area (Å²) in [6.07, 6.45) is 3.28.